The van der Waals surface area contributed by atoms with Gasteiger partial charge in [0.15, 0.2) is 0 Å². The number of hydrogen-bond donors (Lipinski definition) is 1. The molecule has 2 saturated heterocycles. The maximum absolute atomic E-state index is 14.0. The topological polar surface area (TPSA) is 59.0 Å². The lowest BCUT2D eigenvalue weighted by atomic mass is 9.75. The molecule has 2 fully saturated rings. The van der Waals surface area contributed by atoms with Crippen molar-refractivity contribution in [3.8, 4) is 0 Å². The van der Waals surface area contributed by atoms with Crippen molar-refractivity contribution in [2.75, 3.05) is 13.2 Å². The zero-order valence-electron chi connectivity index (χ0n) is 15.8. The lowest BCUT2D eigenvalue weighted by Gasteiger charge is -2.51. The zero-order valence-corrected chi connectivity index (χ0v) is 15.8. The van der Waals surface area contributed by atoms with Gasteiger partial charge in [0.25, 0.3) is 0 Å². The molecule has 0 saturated carbocycles. The number of carbonyl (C=O) groups excluding carboxylic acids is 1. The summed E-state index contributed by atoms with van der Waals surface area (Å²) in [5, 5.41) is 11.4. The zero-order chi connectivity index (χ0) is 19.7. The number of nitrogens with zero attached hydrogens (tertiary/aromatic N) is 1. The van der Waals surface area contributed by atoms with Gasteiger partial charge in [0.05, 0.1) is 30.9 Å². The van der Waals surface area contributed by atoms with E-state index in [1.165, 1.54) is 6.07 Å². The molecule has 2 aliphatic heterocycles. The summed E-state index contributed by atoms with van der Waals surface area (Å²) in [6.45, 7) is 2.53. The Labute approximate surface area is 163 Å². The molecule has 0 aliphatic carbocycles. The van der Waals surface area contributed by atoms with Crippen LogP contribution >= 0.6 is 0 Å². The van der Waals surface area contributed by atoms with E-state index >= 15 is 0 Å². The van der Waals surface area contributed by atoms with Gasteiger partial charge >= 0.3 is 6.09 Å². The normalized spacial score (nSPS) is 26.8. The first kappa shape index (κ1) is 18.9. The van der Waals surface area contributed by atoms with Crippen LogP contribution in [-0.2, 0) is 21.7 Å². The van der Waals surface area contributed by atoms with E-state index in [2.05, 4.69) is 0 Å². The van der Waals surface area contributed by atoms with Crippen molar-refractivity contribution in [1.29, 1.82) is 0 Å². The fourth-order valence-electron chi connectivity index (χ4n) is 4.40. The molecule has 0 radical (unpaired) electrons. The lowest BCUT2D eigenvalue weighted by Crippen LogP contribution is -2.62. The standard InChI is InChI=1S/C22H24FNO4/c1-15-19(8-5-9-20(15)23)22(26)10-17-13-27-14-18(11-22)24(17)21(25)28-12-16-6-3-2-4-7-16/h2-9,17-18,26H,10-14H2,1H3. The van der Waals surface area contributed by atoms with Crippen molar-refractivity contribution < 1.29 is 23.8 Å². The number of amides is 1. The lowest BCUT2D eigenvalue weighted by molar-refractivity contribution is -0.137. The van der Waals surface area contributed by atoms with E-state index in [0.29, 0.717) is 24.3 Å². The maximum atomic E-state index is 14.0. The minimum Gasteiger partial charge on any atom is -0.445 e. The largest absolute Gasteiger partial charge is 0.445 e. The Balaban J connectivity index is 1.52. The molecule has 0 spiro atoms. The molecule has 2 unspecified atom stereocenters. The molecule has 2 heterocycles. The Kier molecular flexibility index (Phi) is 5.08. The highest BCUT2D eigenvalue weighted by molar-refractivity contribution is 5.69. The summed E-state index contributed by atoms with van der Waals surface area (Å²) in [5.41, 5.74) is 0.758. The molecule has 4 rings (SSSR count). The maximum Gasteiger partial charge on any atom is 0.410 e. The summed E-state index contributed by atoms with van der Waals surface area (Å²) in [6, 6.07) is 13.6. The highest BCUT2D eigenvalue weighted by atomic mass is 19.1. The van der Waals surface area contributed by atoms with E-state index in [4.69, 9.17) is 9.47 Å². The molecule has 0 aromatic heterocycles. The van der Waals surface area contributed by atoms with Gasteiger partial charge < -0.3 is 14.6 Å². The number of fused-ring (bicyclic) bond motifs is 2. The van der Waals surface area contributed by atoms with Gasteiger partial charge in [-0.1, -0.05) is 42.5 Å². The van der Waals surface area contributed by atoms with E-state index in [-0.39, 0.29) is 37.3 Å². The second-order valence-electron chi connectivity index (χ2n) is 7.64. The van der Waals surface area contributed by atoms with Crippen LogP contribution < -0.4 is 0 Å². The second-order valence-corrected chi connectivity index (χ2v) is 7.64. The third-order valence-corrected chi connectivity index (χ3v) is 5.74. The average molecular weight is 385 g/mol. The molecular weight excluding hydrogens is 361 g/mol. The van der Waals surface area contributed by atoms with E-state index in [1.807, 2.05) is 30.3 Å². The van der Waals surface area contributed by atoms with Crippen LogP contribution in [0.15, 0.2) is 48.5 Å². The Bertz CT molecular complexity index is 843. The van der Waals surface area contributed by atoms with E-state index in [0.717, 1.165) is 5.56 Å². The molecule has 2 aromatic carbocycles. The third-order valence-electron chi connectivity index (χ3n) is 5.74. The van der Waals surface area contributed by atoms with Crippen molar-refractivity contribution in [3.05, 3.63) is 71.0 Å². The molecular formula is C22H24FNO4. The van der Waals surface area contributed by atoms with Gasteiger partial charge in [0, 0.05) is 12.8 Å². The minimum atomic E-state index is -1.19. The molecule has 1 N–H and O–H groups in total. The SMILES string of the molecule is Cc1c(F)cccc1C1(O)CC2COCC(C1)N2C(=O)OCc1ccccc1. The predicted octanol–water partition coefficient (Wildman–Crippen LogP) is 3.52. The van der Waals surface area contributed by atoms with E-state index < -0.39 is 11.7 Å². The van der Waals surface area contributed by atoms with E-state index in [9.17, 15) is 14.3 Å². The molecule has 6 heteroatoms. The fourth-order valence-corrected chi connectivity index (χ4v) is 4.40. The Morgan fingerprint density at radius 3 is 2.54 bits per heavy atom. The number of ether oxygens (including phenoxy) is 2. The highest BCUT2D eigenvalue weighted by Gasteiger charge is 2.49. The van der Waals surface area contributed by atoms with Crippen molar-refractivity contribution in [2.24, 2.45) is 0 Å². The molecule has 2 bridgehead atoms. The number of aliphatic hydroxyl groups is 1. The van der Waals surface area contributed by atoms with Gasteiger partial charge in [-0.3, -0.25) is 4.90 Å². The molecule has 2 aliphatic rings. The molecule has 5 nitrogen and oxygen atoms in total. The van der Waals surface area contributed by atoms with Crippen molar-refractivity contribution in [3.63, 3.8) is 0 Å². The number of benzene rings is 2. The summed E-state index contributed by atoms with van der Waals surface area (Å²) in [5.74, 6) is -0.336. The van der Waals surface area contributed by atoms with Gasteiger partial charge in [-0.25, -0.2) is 9.18 Å². The number of rotatable bonds is 3. The van der Waals surface area contributed by atoms with Crippen LogP contribution in [0.1, 0.15) is 29.5 Å². The molecule has 2 aromatic rings. The van der Waals surface area contributed by atoms with E-state index in [1.54, 1.807) is 24.0 Å². The van der Waals surface area contributed by atoms with Crippen LogP contribution in [-0.4, -0.2) is 41.4 Å². The van der Waals surface area contributed by atoms with Crippen LogP contribution in [0.5, 0.6) is 0 Å². The fraction of sp³-hybridized carbons (Fsp3) is 0.409. The third kappa shape index (κ3) is 3.50. The average Bonchev–Trinajstić information content (AvgIpc) is 2.68. The molecule has 28 heavy (non-hydrogen) atoms. The van der Waals surface area contributed by atoms with Crippen LogP contribution in [0.4, 0.5) is 9.18 Å². The highest BCUT2D eigenvalue weighted by Crippen LogP contribution is 2.42. The first-order chi connectivity index (χ1) is 13.5. The number of hydrogen-bond acceptors (Lipinski definition) is 4. The number of halogens is 1. The number of morpholine rings is 1. The molecule has 1 amide bonds. The summed E-state index contributed by atoms with van der Waals surface area (Å²) in [4.78, 5) is 14.5. The Morgan fingerprint density at radius 2 is 1.86 bits per heavy atom. The Morgan fingerprint density at radius 1 is 1.18 bits per heavy atom. The number of piperidine rings is 1. The summed E-state index contributed by atoms with van der Waals surface area (Å²) < 4.78 is 25.2. The van der Waals surface area contributed by atoms with Crippen LogP contribution in [0.2, 0.25) is 0 Å². The first-order valence-electron chi connectivity index (χ1n) is 9.53. The summed E-state index contributed by atoms with van der Waals surface area (Å²) in [6.07, 6.45) is 0.169. The monoisotopic (exact) mass is 385 g/mol. The Hall–Kier alpha value is -2.44. The summed E-state index contributed by atoms with van der Waals surface area (Å²) in [7, 11) is 0. The second kappa shape index (κ2) is 7.53. The van der Waals surface area contributed by atoms with Crippen LogP contribution in [0.25, 0.3) is 0 Å². The van der Waals surface area contributed by atoms with Gasteiger partial charge in [-0.2, -0.15) is 0 Å². The summed E-state index contributed by atoms with van der Waals surface area (Å²) >= 11 is 0. The van der Waals surface area contributed by atoms with Gasteiger partial charge in [0.1, 0.15) is 12.4 Å². The van der Waals surface area contributed by atoms with Crippen molar-refractivity contribution in [2.45, 2.75) is 44.1 Å². The number of carbonyl (C=O) groups is 1. The quantitative estimate of drug-likeness (QED) is 0.878. The minimum absolute atomic E-state index is 0.198. The molecule has 2 atom stereocenters. The first-order valence-corrected chi connectivity index (χ1v) is 9.53. The van der Waals surface area contributed by atoms with Crippen molar-refractivity contribution >= 4 is 6.09 Å². The van der Waals surface area contributed by atoms with Gasteiger partial charge in [0.2, 0.25) is 0 Å². The van der Waals surface area contributed by atoms with Crippen LogP contribution in [0, 0.1) is 12.7 Å². The predicted molar refractivity (Wildman–Crippen MR) is 101 cm³/mol. The van der Waals surface area contributed by atoms with Gasteiger partial charge in [-0.15, -0.1) is 0 Å². The molecule has 148 valence electrons. The van der Waals surface area contributed by atoms with Gasteiger partial charge in [-0.05, 0) is 29.7 Å². The van der Waals surface area contributed by atoms with Crippen molar-refractivity contribution in [1.82, 2.24) is 4.90 Å². The van der Waals surface area contributed by atoms with Crippen LogP contribution in [0.3, 0.4) is 0 Å². The smallest absolute Gasteiger partial charge is 0.410 e.